The number of ether oxygens (including phenoxy) is 1. The molecule has 148 valence electrons. The number of para-hydroxylation sites is 2. The molecule has 0 saturated heterocycles. The highest BCUT2D eigenvalue weighted by atomic mass is 79.9. The van der Waals surface area contributed by atoms with Gasteiger partial charge in [-0.1, -0.05) is 51.8 Å². The van der Waals surface area contributed by atoms with Crippen molar-refractivity contribution in [3.05, 3.63) is 81.8 Å². The van der Waals surface area contributed by atoms with E-state index in [4.69, 9.17) is 21.3 Å². The minimum absolute atomic E-state index is 0.680. The Hall–Kier alpha value is -2.30. The first-order valence-electron chi connectivity index (χ1n) is 9.72. The highest BCUT2D eigenvalue weighted by Crippen LogP contribution is 2.27. The Morgan fingerprint density at radius 1 is 1.00 bits per heavy atom. The molecule has 5 heteroatoms. The molecule has 0 saturated carbocycles. The maximum atomic E-state index is 6.08. The summed E-state index contributed by atoms with van der Waals surface area (Å²) in [5, 5.41) is 0.768. The minimum atomic E-state index is 0.680. The SMILES string of the molecule is Cc1cc(OCCCCn2c(-c3cccc(Br)c3)nc3ccccc32)ccc1Cl. The van der Waals surface area contributed by atoms with E-state index in [0.29, 0.717) is 6.61 Å². The number of aromatic nitrogens is 2. The summed E-state index contributed by atoms with van der Waals surface area (Å²) in [7, 11) is 0. The Morgan fingerprint density at radius 2 is 1.86 bits per heavy atom. The normalized spacial score (nSPS) is 11.1. The van der Waals surface area contributed by atoms with Crippen LogP contribution in [-0.2, 0) is 6.54 Å². The quantitative estimate of drug-likeness (QED) is 0.266. The smallest absolute Gasteiger partial charge is 0.141 e. The molecule has 4 aromatic rings. The van der Waals surface area contributed by atoms with Crippen LogP contribution in [-0.4, -0.2) is 16.2 Å². The van der Waals surface area contributed by atoms with Crippen LogP contribution >= 0.6 is 27.5 Å². The number of hydrogen-bond donors (Lipinski definition) is 0. The van der Waals surface area contributed by atoms with Gasteiger partial charge in [0.05, 0.1) is 17.6 Å². The van der Waals surface area contributed by atoms with Crippen LogP contribution in [0.1, 0.15) is 18.4 Å². The molecule has 0 aliphatic rings. The lowest BCUT2D eigenvalue weighted by Gasteiger charge is -2.11. The first-order valence-corrected chi connectivity index (χ1v) is 10.9. The van der Waals surface area contributed by atoms with Crippen LogP contribution in [0.2, 0.25) is 5.02 Å². The van der Waals surface area contributed by atoms with Gasteiger partial charge < -0.3 is 9.30 Å². The summed E-state index contributed by atoms with van der Waals surface area (Å²) in [4.78, 5) is 4.89. The molecule has 1 heterocycles. The lowest BCUT2D eigenvalue weighted by molar-refractivity contribution is 0.303. The van der Waals surface area contributed by atoms with Crippen molar-refractivity contribution in [2.75, 3.05) is 6.61 Å². The molecule has 0 fully saturated rings. The van der Waals surface area contributed by atoms with Crippen molar-refractivity contribution < 1.29 is 4.74 Å². The molecule has 0 unspecified atom stereocenters. The lowest BCUT2D eigenvalue weighted by Crippen LogP contribution is -2.04. The van der Waals surface area contributed by atoms with E-state index in [0.717, 1.165) is 62.6 Å². The number of aryl methyl sites for hydroxylation is 2. The van der Waals surface area contributed by atoms with Crippen LogP contribution in [0, 0.1) is 6.92 Å². The van der Waals surface area contributed by atoms with Crippen molar-refractivity contribution in [1.29, 1.82) is 0 Å². The summed E-state index contributed by atoms with van der Waals surface area (Å²) in [5.74, 6) is 1.87. The highest BCUT2D eigenvalue weighted by Gasteiger charge is 2.12. The van der Waals surface area contributed by atoms with Gasteiger partial charge in [0.15, 0.2) is 0 Å². The average Bonchev–Trinajstić information content (AvgIpc) is 3.09. The van der Waals surface area contributed by atoms with Gasteiger partial charge in [-0.2, -0.15) is 0 Å². The van der Waals surface area contributed by atoms with Gasteiger partial charge in [-0.3, -0.25) is 0 Å². The van der Waals surface area contributed by atoms with Gasteiger partial charge in [0.25, 0.3) is 0 Å². The van der Waals surface area contributed by atoms with Gasteiger partial charge in [0, 0.05) is 21.6 Å². The molecule has 0 spiro atoms. The summed E-state index contributed by atoms with van der Waals surface area (Å²) in [6.45, 7) is 3.56. The van der Waals surface area contributed by atoms with Crippen molar-refractivity contribution in [2.24, 2.45) is 0 Å². The molecule has 29 heavy (non-hydrogen) atoms. The molecular formula is C24H22BrClN2O. The molecule has 0 atom stereocenters. The van der Waals surface area contributed by atoms with Crippen molar-refractivity contribution in [1.82, 2.24) is 9.55 Å². The first kappa shape index (κ1) is 20.0. The van der Waals surface area contributed by atoms with Crippen LogP contribution in [0.3, 0.4) is 0 Å². The number of halogens is 2. The number of rotatable bonds is 7. The summed E-state index contributed by atoms with van der Waals surface area (Å²) < 4.78 is 9.25. The van der Waals surface area contributed by atoms with Gasteiger partial charge in [0.1, 0.15) is 11.6 Å². The van der Waals surface area contributed by atoms with E-state index in [9.17, 15) is 0 Å². The predicted octanol–water partition coefficient (Wildman–Crippen LogP) is 7.29. The van der Waals surface area contributed by atoms with Gasteiger partial charge in [0.2, 0.25) is 0 Å². The monoisotopic (exact) mass is 468 g/mol. The highest BCUT2D eigenvalue weighted by molar-refractivity contribution is 9.10. The number of imidazole rings is 1. The number of nitrogens with zero attached hydrogens (tertiary/aromatic N) is 2. The second-order valence-electron chi connectivity index (χ2n) is 7.05. The maximum Gasteiger partial charge on any atom is 0.141 e. The molecule has 0 aliphatic carbocycles. The van der Waals surface area contributed by atoms with E-state index in [1.54, 1.807) is 0 Å². The van der Waals surface area contributed by atoms with E-state index < -0.39 is 0 Å². The zero-order chi connectivity index (χ0) is 20.2. The zero-order valence-corrected chi connectivity index (χ0v) is 18.6. The lowest BCUT2D eigenvalue weighted by atomic mass is 10.2. The minimum Gasteiger partial charge on any atom is -0.494 e. The van der Waals surface area contributed by atoms with Crippen LogP contribution in [0.15, 0.2) is 71.2 Å². The largest absolute Gasteiger partial charge is 0.494 e. The predicted molar refractivity (Wildman–Crippen MR) is 124 cm³/mol. The van der Waals surface area contributed by atoms with E-state index in [2.05, 4.69) is 50.8 Å². The third-order valence-corrected chi connectivity index (χ3v) is 5.83. The summed E-state index contributed by atoms with van der Waals surface area (Å²) >= 11 is 9.65. The Bertz CT molecular complexity index is 1140. The average molecular weight is 470 g/mol. The molecule has 0 bridgehead atoms. The topological polar surface area (TPSA) is 27.1 Å². The molecule has 1 aromatic heterocycles. The van der Waals surface area contributed by atoms with Crippen LogP contribution in [0.5, 0.6) is 5.75 Å². The Kier molecular flexibility index (Phi) is 6.22. The van der Waals surface area contributed by atoms with Crippen molar-refractivity contribution in [3.8, 4) is 17.1 Å². The van der Waals surface area contributed by atoms with E-state index >= 15 is 0 Å². The number of unbranched alkanes of at least 4 members (excludes halogenated alkanes) is 1. The van der Waals surface area contributed by atoms with Crippen molar-refractivity contribution in [3.63, 3.8) is 0 Å². The molecule has 0 amide bonds. The second kappa shape index (κ2) is 9.02. The fraction of sp³-hybridized carbons (Fsp3) is 0.208. The van der Waals surface area contributed by atoms with Crippen LogP contribution in [0.25, 0.3) is 22.4 Å². The van der Waals surface area contributed by atoms with Crippen LogP contribution < -0.4 is 4.74 Å². The Morgan fingerprint density at radius 3 is 2.69 bits per heavy atom. The summed E-state index contributed by atoms with van der Waals surface area (Å²) in [6.07, 6.45) is 1.97. The zero-order valence-electron chi connectivity index (χ0n) is 16.2. The third kappa shape index (κ3) is 4.65. The third-order valence-electron chi connectivity index (χ3n) is 4.91. The van der Waals surface area contributed by atoms with Crippen molar-refractivity contribution >= 4 is 38.6 Å². The molecule has 0 aliphatic heterocycles. The van der Waals surface area contributed by atoms with E-state index in [-0.39, 0.29) is 0 Å². The molecule has 0 N–H and O–H groups in total. The standard InChI is InChI=1S/C24H22BrClN2O/c1-17-15-20(11-12-21(17)26)29-14-5-4-13-28-23-10-3-2-9-22(23)27-24(28)18-7-6-8-19(25)16-18/h2-3,6-12,15-16H,4-5,13-14H2,1H3. The van der Waals surface area contributed by atoms with E-state index in [1.165, 1.54) is 0 Å². The first-order chi connectivity index (χ1) is 14.1. The summed E-state index contributed by atoms with van der Waals surface area (Å²) in [6, 6.07) is 22.4. The second-order valence-corrected chi connectivity index (χ2v) is 8.38. The molecular weight excluding hydrogens is 448 g/mol. The molecule has 4 rings (SSSR count). The maximum absolute atomic E-state index is 6.08. The Labute approximate surface area is 184 Å². The van der Waals surface area contributed by atoms with Gasteiger partial charge in [-0.15, -0.1) is 0 Å². The fourth-order valence-corrected chi connectivity index (χ4v) is 3.94. The Balaban J connectivity index is 1.46. The van der Waals surface area contributed by atoms with Gasteiger partial charge in [-0.25, -0.2) is 4.98 Å². The molecule has 0 radical (unpaired) electrons. The number of hydrogen-bond acceptors (Lipinski definition) is 2. The molecule has 3 nitrogen and oxygen atoms in total. The van der Waals surface area contributed by atoms with Gasteiger partial charge >= 0.3 is 0 Å². The van der Waals surface area contributed by atoms with Crippen LogP contribution in [0.4, 0.5) is 0 Å². The van der Waals surface area contributed by atoms with Gasteiger partial charge in [-0.05, 0) is 67.8 Å². The van der Waals surface area contributed by atoms with Crippen molar-refractivity contribution in [2.45, 2.75) is 26.3 Å². The number of fused-ring (bicyclic) bond motifs is 1. The fourth-order valence-electron chi connectivity index (χ4n) is 3.42. The number of benzene rings is 3. The van der Waals surface area contributed by atoms with E-state index in [1.807, 2.05) is 43.3 Å². The molecule has 3 aromatic carbocycles. The summed E-state index contributed by atoms with van der Waals surface area (Å²) in [5.41, 5.74) is 4.34.